The molecule has 3 nitrogen and oxygen atoms in total. The van der Waals surface area contributed by atoms with Crippen LogP contribution < -0.4 is 5.32 Å². The number of halogens is 7. The highest BCUT2D eigenvalue weighted by molar-refractivity contribution is 5.95. The van der Waals surface area contributed by atoms with Gasteiger partial charge in [-0.3, -0.25) is 4.79 Å². The summed E-state index contributed by atoms with van der Waals surface area (Å²) < 4.78 is 77.3. The average molecular weight is 391 g/mol. The van der Waals surface area contributed by atoms with Crippen molar-refractivity contribution in [2.45, 2.75) is 38.3 Å². The number of alkyl halides is 6. The monoisotopic (exact) mass is 390 g/mol. The maximum Gasteiger partial charge on any atom is 0.416 e. The topological polar surface area (TPSA) is 32.3 Å². The van der Waals surface area contributed by atoms with Crippen LogP contribution in [0.3, 0.4) is 0 Å². The van der Waals surface area contributed by atoms with Crippen LogP contribution in [0.15, 0.2) is 18.2 Å². The van der Waals surface area contributed by atoms with E-state index in [-0.39, 0.29) is 37.1 Å². The number of rotatable bonds is 1. The maximum atomic E-state index is 12.9. The van der Waals surface area contributed by atoms with E-state index in [0.717, 1.165) is 0 Å². The van der Waals surface area contributed by atoms with E-state index in [4.69, 9.17) is 0 Å². The largest absolute Gasteiger partial charge is 0.416 e. The Labute approximate surface area is 146 Å². The smallest absolute Gasteiger partial charge is 0.333 e. The fourth-order valence-corrected chi connectivity index (χ4v) is 2.59. The minimum atomic E-state index is -4.97. The van der Waals surface area contributed by atoms with Gasteiger partial charge in [-0.2, -0.15) is 26.3 Å². The Bertz CT molecular complexity index is 599. The minimum Gasteiger partial charge on any atom is -0.333 e. The molecule has 1 fully saturated rings. The zero-order chi connectivity index (χ0) is 18.3. The normalized spacial score (nSPS) is 21.7. The number of nitrogens with one attached hydrogen (secondary N) is 1. The van der Waals surface area contributed by atoms with Crippen LogP contribution >= 0.6 is 12.4 Å². The Kier molecular flexibility index (Phi) is 6.39. The average Bonchev–Trinajstić information content (AvgIpc) is 2.47. The molecule has 1 aromatic carbocycles. The molecule has 1 heterocycles. The first kappa shape index (κ1) is 21.6. The van der Waals surface area contributed by atoms with Gasteiger partial charge in [-0.25, -0.2) is 0 Å². The molecule has 1 aliphatic heterocycles. The van der Waals surface area contributed by atoms with Gasteiger partial charge in [-0.15, -0.1) is 12.4 Å². The van der Waals surface area contributed by atoms with Crippen molar-refractivity contribution in [3.05, 3.63) is 34.9 Å². The molecule has 2 unspecified atom stereocenters. The predicted octanol–water partition coefficient (Wildman–Crippen LogP) is 3.97. The van der Waals surface area contributed by atoms with Gasteiger partial charge in [0.2, 0.25) is 0 Å². The van der Waals surface area contributed by atoms with E-state index in [1.165, 1.54) is 4.90 Å². The van der Waals surface area contributed by atoms with Crippen LogP contribution in [0.5, 0.6) is 0 Å². The summed E-state index contributed by atoms with van der Waals surface area (Å²) in [7, 11) is 0. The van der Waals surface area contributed by atoms with Crippen molar-refractivity contribution in [3.8, 4) is 0 Å². The molecule has 142 valence electrons. The second-order valence-corrected chi connectivity index (χ2v) is 5.78. The predicted molar refractivity (Wildman–Crippen MR) is 81.7 cm³/mol. The Morgan fingerprint density at radius 3 is 1.96 bits per heavy atom. The summed E-state index contributed by atoms with van der Waals surface area (Å²) in [5.74, 6) is -0.840. The third kappa shape index (κ3) is 4.78. The summed E-state index contributed by atoms with van der Waals surface area (Å²) in [5, 5.41) is 3.09. The molecule has 1 N–H and O–H groups in total. The van der Waals surface area contributed by atoms with E-state index in [0.29, 0.717) is 18.7 Å². The molecule has 25 heavy (non-hydrogen) atoms. The van der Waals surface area contributed by atoms with Crippen LogP contribution in [-0.2, 0) is 12.4 Å². The number of piperazine rings is 1. The van der Waals surface area contributed by atoms with Crippen molar-refractivity contribution >= 4 is 18.3 Å². The summed E-state index contributed by atoms with van der Waals surface area (Å²) in [4.78, 5) is 13.8. The molecule has 1 saturated heterocycles. The van der Waals surface area contributed by atoms with Crippen molar-refractivity contribution in [3.63, 3.8) is 0 Å². The SMILES string of the molecule is CC1NCCN(C(=O)c2cc(C(F)(F)F)cc(C(F)(F)F)c2)C1C.Cl. The molecule has 10 heteroatoms. The molecule has 0 aliphatic carbocycles. The zero-order valence-corrected chi connectivity index (χ0v) is 14.1. The lowest BCUT2D eigenvalue weighted by Crippen LogP contribution is -2.57. The van der Waals surface area contributed by atoms with Crippen LogP contribution in [0, 0.1) is 0 Å². The molecular weight excluding hydrogens is 374 g/mol. The fraction of sp³-hybridized carbons (Fsp3) is 0.533. The van der Waals surface area contributed by atoms with Crippen molar-refractivity contribution in [2.24, 2.45) is 0 Å². The molecule has 1 aliphatic rings. The number of nitrogens with zero attached hydrogens (tertiary/aromatic N) is 1. The fourth-order valence-electron chi connectivity index (χ4n) is 2.59. The highest BCUT2D eigenvalue weighted by Gasteiger charge is 2.38. The Morgan fingerprint density at radius 1 is 1.04 bits per heavy atom. The Hall–Kier alpha value is -1.48. The highest BCUT2D eigenvalue weighted by atomic mass is 35.5. The number of benzene rings is 1. The van der Waals surface area contributed by atoms with Crippen LogP contribution in [0.25, 0.3) is 0 Å². The quantitative estimate of drug-likeness (QED) is 0.736. The highest BCUT2D eigenvalue weighted by Crippen LogP contribution is 2.36. The lowest BCUT2D eigenvalue weighted by Gasteiger charge is -2.38. The van der Waals surface area contributed by atoms with E-state index < -0.39 is 35.0 Å². The number of hydrogen-bond acceptors (Lipinski definition) is 2. The number of carbonyl (C=O) groups excluding carboxylic acids is 1. The second kappa shape index (κ2) is 7.41. The molecular formula is C15H17ClF6N2O. The number of hydrogen-bond donors (Lipinski definition) is 1. The number of carbonyl (C=O) groups is 1. The Morgan fingerprint density at radius 2 is 1.52 bits per heavy atom. The first-order valence-corrected chi connectivity index (χ1v) is 7.25. The zero-order valence-electron chi connectivity index (χ0n) is 13.3. The number of amides is 1. The van der Waals surface area contributed by atoms with Crippen LogP contribution in [0.2, 0.25) is 0 Å². The molecule has 0 bridgehead atoms. The van der Waals surface area contributed by atoms with E-state index in [1.807, 2.05) is 0 Å². The lowest BCUT2D eigenvalue weighted by molar-refractivity contribution is -0.143. The van der Waals surface area contributed by atoms with Crippen LogP contribution in [0.1, 0.15) is 35.3 Å². The van der Waals surface area contributed by atoms with Gasteiger partial charge in [-0.05, 0) is 32.0 Å². The van der Waals surface area contributed by atoms with E-state index in [9.17, 15) is 31.1 Å². The van der Waals surface area contributed by atoms with E-state index >= 15 is 0 Å². The summed E-state index contributed by atoms with van der Waals surface area (Å²) in [6.07, 6.45) is -9.95. The van der Waals surface area contributed by atoms with Crippen LogP contribution in [-0.4, -0.2) is 36.0 Å². The van der Waals surface area contributed by atoms with Crippen molar-refractivity contribution < 1.29 is 31.1 Å². The van der Waals surface area contributed by atoms with E-state index in [1.54, 1.807) is 13.8 Å². The van der Waals surface area contributed by atoms with Gasteiger partial charge >= 0.3 is 12.4 Å². The first-order chi connectivity index (χ1) is 10.9. The molecule has 1 amide bonds. The van der Waals surface area contributed by atoms with Gasteiger partial charge in [0, 0.05) is 30.7 Å². The molecule has 2 rings (SSSR count). The molecule has 1 aromatic rings. The molecule has 0 radical (unpaired) electrons. The van der Waals surface area contributed by atoms with E-state index in [2.05, 4.69) is 5.32 Å². The van der Waals surface area contributed by atoms with Crippen molar-refractivity contribution in [2.75, 3.05) is 13.1 Å². The second-order valence-electron chi connectivity index (χ2n) is 5.78. The lowest BCUT2D eigenvalue weighted by atomic mass is 10.0. The van der Waals surface area contributed by atoms with Crippen LogP contribution in [0.4, 0.5) is 26.3 Å². The van der Waals surface area contributed by atoms with Gasteiger partial charge in [-0.1, -0.05) is 0 Å². The van der Waals surface area contributed by atoms with Gasteiger partial charge in [0.25, 0.3) is 5.91 Å². The third-order valence-corrected chi connectivity index (χ3v) is 4.13. The van der Waals surface area contributed by atoms with Crippen molar-refractivity contribution in [1.82, 2.24) is 10.2 Å². The van der Waals surface area contributed by atoms with Gasteiger partial charge in [0.1, 0.15) is 0 Å². The standard InChI is InChI=1S/C15H16F6N2O.ClH/c1-8-9(2)23(4-3-22-8)13(24)10-5-11(14(16,17)18)7-12(6-10)15(19,20)21;/h5-9,22H,3-4H2,1-2H3;1H. The van der Waals surface area contributed by atoms with Gasteiger partial charge in [0.15, 0.2) is 0 Å². The van der Waals surface area contributed by atoms with Gasteiger partial charge < -0.3 is 10.2 Å². The molecule has 0 saturated carbocycles. The molecule has 0 aromatic heterocycles. The molecule has 2 atom stereocenters. The third-order valence-electron chi connectivity index (χ3n) is 4.13. The summed E-state index contributed by atoms with van der Waals surface area (Å²) in [5.41, 5.74) is -3.59. The summed E-state index contributed by atoms with van der Waals surface area (Å²) in [6, 6.07) is 0.486. The first-order valence-electron chi connectivity index (χ1n) is 7.25. The van der Waals surface area contributed by atoms with Crippen molar-refractivity contribution in [1.29, 1.82) is 0 Å². The maximum absolute atomic E-state index is 12.9. The summed E-state index contributed by atoms with van der Waals surface area (Å²) >= 11 is 0. The summed E-state index contributed by atoms with van der Waals surface area (Å²) in [6.45, 7) is 4.11. The molecule has 0 spiro atoms. The minimum absolute atomic E-state index is 0. The Balaban J connectivity index is 0.00000312. The van der Waals surface area contributed by atoms with Gasteiger partial charge in [0.05, 0.1) is 11.1 Å².